The molecule has 0 spiro atoms. The lowest BCUT2D eigenvalue weighted by atomic mass is 9.92. The van der Waals surface area contributed by atoms with Gasteiger partial charge in [-0.2, -0.15) is 0 Å². The maximum atomic E-state index is 11.6. The number of allylic oxidation sites excluding steroid dienone is 1. The second kappa shape index (κ2) is 8.53. The molecule has 130 valence electrons. The fraction of sp³-hybridized carbons (Fsp3) is 0.824. The quantitative estimate of drug-likeness (QED) is 0.346. The Balaban J connectivity index is 4.18. The van der Waals surface area contributed by atoms with E-state index < -0.39 is 11.7 Å². The number of carbonyl (C=O) groups is 1. The van der Waals surface area contributed by atoms with Crippen LogP contribution in [0.1, 0.15) is 67.7 Å². The van der Waals surface area contributed by atoms with Gasteiger partial charge in [0, 0.05) is 17.6 Å². The van der Waals surface area contributed by atoms with Crippen LogP contribution in [0.3, 0.4) is 0 Å². The highest BCUT2D eigenvalue weighted by atomic mass is 16.6. The lowest BCUT2D eigenvalue weighted by Crippen LogP contribution is -2.58. The number of hydrogen-bond donors (Lipinski definition) is 3. The van der Waals surface area contributed by atoms with E-state index in [1.54, 1.807) is 0 Å². The van der Waals surface area contributed by atoms with E-state index in [2.05, 4.69) is 50.4 Å². The predicted octanol–water partition coefficient (Wildman–Crippen LogP) is 3.52. The maximum absolute atomic E-state index is 11.6. The van der Waals surface area contributed by atoms with Gasteiger partial charge in [0.2, 0.25) is 0 Å². The van der Waals surface area contributed by atoms with Gasteiger partial charge in [-0.3, -0.25) is 5.43 Å². The molecule has 0 aliphatic carbocycles. The molecule has 3 N–H and O–H groups in total. The van der Waals surface area contributed by atoms with Gasteiger partial charge in [0.1, 0.15) is 5.60 Å². The summed E-state index contributed by atoms with van der Waals surface area (Å²) >= 11 is 0. The molecule has 5 heteroatoms. The third kappa shape index (κ3) is 11.6. The largest absolute Gasteiger partial charge is 0.443 e. The Kier molecular flexibility index (Phi) is 8.12. The summed E-state index contributed by atoms with van der Waals surface area (Å²) in [6, 6.07) is 0. The lowest BCUT2D eigenvalue weighted by molar-refractivity contribution is 0.0492. The maximum Gasteiger partial charge on any atom is 0.422 e. The molecule has 0 saturated heterocycles. The first-order chi connectivity index (χ1) is 9.87. The summed E-state index contributed by atoms with van der Waals surface area (Å²) in [5, 5.41) is 3.62. The number of hydrogen-bond acceptors (Lipinski definition) is 4. The van der Waals surface area contributed by atoms with Gasteiger partial charge in [-0.15, -0.1) is 6.58 Å². The Morgan fingerprint density at radius 2 is 1.68 bits per heavy atom. The SMILES string of the molecule is C=CCCCC(C)(C)NC(C)(C)CNNC(=O)OC(C)(C)C. The lowest BCUT2D eigenvalue weighted by Gasteiger charge is -2.37. The van der Waals surface area contributed by atoms with Crippen LogP contribution < -0.4 is 16.2 Å². The monoisotopic (exact) mass is 313 g/mol. The normalized spacial score (nSPS) is 12.9. The highest BCUT2D eigenvalue weighted by Gasteiger charge is 2.27. The van der Waals surface area contributed by atoms with Gasteiger partial charge < -0.3 is 10.1 Å². The molecular formula is C17H35N3O2. The van der Waals surface area contributed by atoms with Crippen LogP contribution in [0.25, 0.3) is 0 Å². The second-order valence-corrected chi connectivity index (χ2v) is 8.05. The van der Waals surface area contributed by atoms with Gasteiger partial charge >= 0.3 is 6.09 Å². The van der Waals surface area contributed by atoms with Crippen molar-refractivity contribution in [3.63, 3.8) is 0 Å². The minimum Gasteiger partial charge on any atom is -0.443 e. The van der Waals surface area contributed by atoms with Gasteiger partial charge in [-0.1, -0.05) is 6.08 Å². The summed E-state index contributed by atoms with van der Waals surface area (Å²) < 4.78 is 5.18. The van der Waals surface area contributed by atoms with Gasteiger partial charge in [0.25, 0.3) is 0 Å². The molecule has 1 amide bonds. The molecular weight excluding hydrogens is 278 g/mol. The minimum atomic E-state index is -0.493. The summed E-state index contributed by atoms with van der Waals surface area (Å²) in [5.41, 5.74) is 4.88. The molecule has 0 fully saturated rings. The van der Waals surface area contributed by atoms with Crippen LogP contribution in [0, 0.1) is 0 Å². The van der Waals surface area contributed by atoms with Crippen molar-refractivity contribution in [3.8, 4) is 0 Å². The zero-order valence-electron chi connectivity index (χ0n) is 15.4. The van der Waals surface area contributed by atoms with Crippen molar-refractivity contribution < 1.29 is 9.53 Å². The number of carbonyl (C=O) groups excluding carboxylic acids is 1. The molecule has 5 nitrogen and oxygen atoms in total. The van der Waals surface area contributed by atoms with E-state index in [0.29, 0.717) is 6.54 Å². The van der Waals surface area contributed by atoms with E-state index in [1.807, 2.05) is 26.8 Å². The zero-order chi connectivity index (χ0) is 17.4. The predicted molar refractivity (Wildman–Crippen MR) is 92.7 cm³/mol. The molecule has 0 radical (unpaired) electrons. The fourth-order valence-electron chi connectivity index (χ4n) is 2.35. The first-order valence-electron chi connectivity index (χ1n) is 7.99. The summed E-state index contributed by atoms with van der Waals surface area (Å²) in [5.74, 6) is 0. The second-order valence-electron chi connectivity index (χ2n) is 8.05. The number of hydrazine groups is 1. The average Bonchev–Trinajstić information content (AvgIpc) is 2.24. The Hall–Kier alpha value is -1.07. The van der Waals surface area contributed by atoms with Crippen molar-refractivity contribution in [1.29, 1.82) is 0 Å². The van der Waals surface area contributed by atoms with Crippen LogP contribution in [-0.2, 0) is 4.74 Å². The molecule has 0 unspecified atom stereocenters. The molecule has 0 saturated carbocycles. The standard InChI is InChI=1S/C17H35N3O2/c1-9-10-11-12-16(5,6)20-17(7,8)13-18-19-14(21)22-15(2,3)4/h9,18,20H,1,10-13H2,2-8H3,(H,19,21). The highest BCUT2D eigenvalue weighted by Crippen LogP contribution is 2.17. The highest BCUT2D eigenvalue weighted by molar-refractivity contribution is 5.66. The van der Waals surface area contributed by atoms with Gasteiger partial charge in [-0.05, 0) is 67.7 Å². The molecule has 0 atom stereocenters. The molecule has 0 bridgehead atoms. The van der Waals surface area contributed by atoms with E-state index in [4.69, 9.17) is 4.74 Å². The Labute approximate surface area is 136 Å². The fourth-order valence-corrected chi connectivity index (χ4v) is 2.35. The van der Waals surface area contributed by atoms with Crippen molar-refractivity contribution in [2.75, 3.05) is 6.54 Å². The molecule has 0 aliphatic heterocycles. The van der Waals surface area contributed by atoms with Crippen molar-refractivity contribution >= 4 is 6.09 Å². The summed E-state index contributed by atoms with van der Waals surface area (Å²) in [6.07, 6.45) is 4.70. The van der Waals surface area contributed by atoms with Crippen molar-refractivity contribution in [3.05, 3.63) is 12.7 Å². The number of ether oxygens (including phenoxy) is 1. The smallest absolute Gasteiger partial charge is 0.422 e. The third-order valence-electron chi connectivity index (χ3n) is 3.01. The van der Waals surface area contributed by atoms with E-state index in [9.17, 15) is 4.79 Å². The molecule has 0 aliphatic rings. The van der Waals surface area contributed by atoms with Crippen molar-refractivity contribution in [2.24, 2.45) is 0 Å². The molecule has 22 heavy (non-hydrogen) atoms. The number of amides is 1. The van der Waals surface area contributed by atoms with Gasteiger partial charge in [0.05, 0.1) is 0 Å². The van der Waals surface area contributed by atoms with Crippen molar-refractivity contribution in [1.82, 2.24) is 16.2 Å². The van der Waals surface area contributed by atoms with Crippen LogP contribution in [-0.4, -0.2) is 29.3 Å². The van der Waals surface area contributed by atoms with Crippen LogP contribution in [0.2, 0.25) is 0 Å². The third-order valence-corrected chi connectivity index (χ3v) is 3.01. The van der Waals surface area contributed by atoms with Crippen LogP contribution in [0.4, 0.5) is 4.79 Å². The number of rotatable bonds is 9. The molecule has 0 heterocycles. The number of nitrogens with one attached hydrogen (secondary N) is 3. The molecule has 0 aromatic carbocycles. The molecule has 0 aromatic heterocycles. The van der Waals surface area contributed by atoms with E-state index in [0.717, 1.165) is 19.3 Å². The van der Waals surface area contributed by atoms with E-state index in [-0.39, 0.29) is 11.1 Å². The molecule has 0 rings (SSSR count). The van der Waals surface area contributed by atoms with E-state index >= 15 is 0 Å². The number of unbranched alkanes of at least 4 members (excludes halogenated alkanes) is 1. The topological polar surface area (TPSA) is 62.4 Å². The van der Waals surface area contributed by atoms with Crippen LogP contribution in [0.5, 0.6) is 0 Å². The van der Waals surface area contributed by atoms with Crippen LogP contribution >= 0.6 is 0 Å². The van der Waals surface area contributed by atoms with Crippen LogP contribution in [0.15, 0.2) is 12.7 Å². The Morgan fingerprint density at radius 3 is 2.18 bits per heavy atom. The summed E-state index contributed by atoms with van der Waals surface area (Å²) in [4.78, 5) is 11.6. The summed E-state index contributed by atoms with van der Waals surface area (Å²) in [6.45, 7) is 18.5. The first-order valence-corrected chi connectivity index (χ1v) is 7.99. The van der Waals surface area contributed by atoms with Gasteiger partial charge in [-0.25, -0.2) is 10.2 Å². The van der Waals surface area contributed by atoms with Gasteiger partial charge in [0.15, 0.2) is 0 Å². The first kappa shape index (κ1) is 20.9. The Bertz CT molecular complexity index is 357. The zero-order valence-corrected chi connectivity index (χ0v) is 15.4. The average molecular weight is 313 g/mol. The Morgan fingerprint density at radius 1 is 1.09 bits per heavy atom. The van der Waals surface area contributed by atoms with E-state index in [1.165, 1.54) is 0 Å². The molecule has 0 aromatic rings. The summed E-state index contributed by atoms with van der Waals surface area (Å²) in [7, 11) is 0. The van der Waals surface area contributed by atoms with Crippen molar-refractivity contribution in [2.45, 2.75) is 84.4 Å². The minimum absolute atomic E-state index is 0.0279.